The zero-order valence-electron chi connectivity index (χ0n) is 18.3. The number of rotatable bonds is 4. The van der Waals surface area contributed by atoms with Gasteiger partial charge in [-0.1, -0.05) is 56.0 Å². The molecule has 1 N–H and O–H groups in total. The summed E-state index contributed by atoms with van der Waals surface area (Å²) in [6.45, 7) is 6.49. The molecule has 4 aromatic rings. The Bertz CT molecular complexity index is 1320. The Labute approximate surface area is 188 Å². The minimum Gasteiger partial charge on any atom is -0.478 e. The summed E-state index contributed by atoms with van der Waals surface area (Å²) >= 11 is 0. The molecular weight excluding hydrogens is 396 g/mol. The van der Waals surface area contributed by atoms with Gasteiger partial charge in [-0.2, -0.15) is 0 Å². The maximum absolute atomic E-state index is 11.5. The molecule has 0 amide bonds. The summed E-state index contributed by atoms with van der Waals surface area (Å²) in [5.74, 6) is 5.99. The molecule has 0 fully saturated rings. The van der Waals surface area contributed by atoms with Crippen molar-refractivity contribution in [3.63, 3.8) is 0 Å². The fourth-order valence-electron chi connectivity index (χ4n) is 4.00. The van der Waals surface area contributed by atoms with Crippen LogP contribution in [0.3, 0.4) is 0 Å². The Morgan fingerprint density at radius 2 is 1.75 bits per heavy atom. The molecule has 1 aromatic heterocycles. The van der Waals surface area contributed by atoms with E-state index in [4.69, 9.17) is 0 Å². The average Bonchev–Trinajstić information content (AvgIpc) is 3.33. The first-order valence-corrected chi connectivity index (χ1v) is 10.5. The van der Waals surface area contributed by atoms with Gasteiger partial charge in [-0.15, -0.1) is 0 Å². The number of nitrogens with zero attached hydrogens (tertiary/aromatic N) is 2. The highest BCUT2D eigenvalue weighted by Crippen LogP contribution is 2.29. The van der Waals surface area contributed by atoms with Crippen molar-refractivity contribution in [2.24, 2.45) is 0 Å². The first-order valence-electron chi connectivity index (χ1n) is 10.5. The van der Waals surface area contributed by atoms with Crippen molar-refractivity contribution < 1.29 is 9.90 Å². The van der Waals surface area contributed by atoms with Crippen LogP contribution in [0.4, 0.5) is 0 Å². The number of hydrogen-bond donors (Lipinski definition) is 1. The van der Waals surface area contributed by atoms with E-state index in [1.54, 1.807) is 18.3 Å². The van der Waals surface area contributed by atoms with Gasteiger partial charge in [-0.05, 0) is 65.4 Å². The van der Waals surface area contributed by atoms with Gasteiger partial charge in [0, 0.05) is 23.5 Å². The van der Waals surface area contributed by atoms with E-state index in [-0.39, 0.29) is 0 Å². The summed E-state index contributed by atoms with van der Waals surface area (Å²) in [5.41, 5.74) is 7.29. The van der Waals surface area contributed by atoms with E-state index in [9.17, 15) is 9.90 Å². The van der Waals surface area contributed by atoms with E-state index >= 15 is 0 Å². The van der Waals surface area contributed by atoms with Crippen molar-refractivity contribution in [2.75, 3.05) is 0 Å². The first-order chi connectivity index (χ1) is 15.5. The zero-order valence-corrected chi connectivity index (χ0v) is 18.3. The summed E-state index contributed by atoms with van der Waals surface area (Å²) in [4.78, 5) is 15.7. The third kappa shape index (κ3) is 4.19. The molecule has 0 bridgehead atoms. The molecule has 4 rings (SSSR count). The molecule has 32 heavy (non-hydrogen) atoms. The van der Waals surface area contributed by atoms with Gasteiger partial charge >= 0.3 is 5.97 Å². The highest BCUT2D eigenvalue weighted by atomic mass is 16.4. The summed E-state index contributed by atoms with van der Waals surface area (Å²) in [7, 11) is 0. The Morgan fingerprint density at radius 3 is 2.41 bits per heavy atom. The van der Waals surface area contributed by atoms with E-state index < -0.39 is 5.97 Å². The summed E-state index contributed by atoms with van der Waals surface area (Å²) in [5, 5.41) is 9.43. The van der Waals surface area contributed by atoms with Gasteiger partial charge < -0.3 is 9.67 Å². The van der Waals surface area contributed by atoms with Crippen LogP contribution >= 0.6 is 0 Å². The first kappa shape index (κ1) is 21.1. The smallest absolute Gasteiger partial charge is 0.336 e. The van der Waals surface area contributed by atoms with Gasteiger partial charge in [0.05, 0.1) is 17.6 Å². The lowest BCUT2D eigenvalue weighted by Gasteiger charge is -2.17. The van der Waals surface area contributed by atoms with Crippen LogP contribution in [0.2, 0.25) is 0 Å². The lowest BCUT2D eigenvalue weighted by Crippen LogP contribution is -2.04. The van der Waals surface area contributed by atoms with Gasteiger partial charge in [0.15, 0.2) is 0 Å². The average molecular weight is 421 g/mol. The number of carbonyl (C=O) groups is 1. The predicted molar refractivity (Wildman–Crippen MR) is 127 cm³/mol. The highest BCUT2D eigenvalue weighted by molar-refractivity contribution is 5.96. The second kappa shape index (κ2) is 8.95. The van der Waals surface area contributed by atoms with Crippen molar-refractivity contribution in [1.82, 2.24) is 9.55 Å². The normalized spacial score (nSPS) is 10.6. The monoisotopic (exact) mass is 420 g/mol. The molecule has 4 nitrogen and oxygen atoms in total. The van der Waals surface area contributed by atoms with E-state index in [0.29, 0.717) is 17.0 Å². The van der Waals surface area contributed by atoms with Gasteiger partial charge in [-0.3, -0.25) is 0 Å². The van der Waals surface area contributed by atoms with Crippen LogP contribution in [0, 0.1) is 18.8 Å². The molecule has 0 radical (unpaired) electrons. The van der Waals surface area contributed by atoms with Crippen LogP contribution in [-0.2, 0) is 0 Å². The number of carboxylic acid groups (broad SMARTS) is 1. The standard InChI is InChI=1S/C28H24N2O2/c1-19(2)27-20(3)22(14-15-26(27)30-17-16-29-18-30)11-8-21-9-12-23(13-10-21)24-6-4-5-7-25(24)28(31)32/h4-7,9-10,12-19H,1-3H3,(H,31,32). The Kier molecular flexibility index (Phi) is 5.91. The second-order valence-corrected chi connectivity index (χ2v) is 7.97. The molecule has 0 aliphatic heterocycles. The Balaban J connectivity index is 1.66. The van der Waals surface area contributed by atoms with Gasteiger partial charge in [0.2, 0.25) is 0 Å². The van der Waals surface area contributed by atoms with E-state index in [0.717, 1.165) is 22.4 Å². The molecule has 1 heterocycles. The van der Waals surface area contributed by atoms with Crippen LogP contribution in [0.15, 0.2) is 79.4 Å². The van der Waals surface area contributed by atoms with E-state index in [1.807, 2.05) is 53.5 Å². The van der Waals surface area contributed by atoms with Crippen molar-refractivity contribution in [2.45, 2.75) is 26.7 Å². The summed E-state index contributed by atoms with van der Waals surface area (Å²) in [6, 6.07) is 18.9. The number of imidazole rings is 1. The number of carboxylic acids is 1. The molecule has 4 heteroatoms. The summed E-state index contributed by atoms with van der Waals surface area (Å²) < 4.78 is 2.03. The molecule has 3 aromatic carbocycles. The number of aromatic nitrogens is 2. The lowest BCUT2D eigenvalue weighted by molar-refractivity contribution is 0.0697. The predicted octanol–water partition coefficient (Wildman–Crippen LogP) is 6.07. The zero-order chi connectivity index (χ0) is 22.7. The quantitative estimate of drug-likeness (QED) is 0.408. The minimum absolute atomic E-state index is 0.293. The highest BCUT2D eigenvalue weighted by Gasteiger charge is 2.14. The Morgan fingerprint density at radius 1 is 1.00 bits per heavy atom. The van der Waals surface area contributed by atoms with Crippen LogP contribution in [0.25, 0.3) is 16.8 Å². The van der Waals surface area contributed by atoms with Crippen molar-refractivity contribution in [3.05, 3.63) is 107 Å². The van der Waals surface area contributed by atoms with Gasteiger partial charge in [-0.25, -0.2) is 9.78 Å². The van der Waals surface area contributed by atoms with Crippen molar-refractivity contribution in [1.29, 1.82) is 0 Å². The van der Waals surface area contributed by atoms with Crippen LogP contribution in [-0.4, -0.2) is 20.6 Å². The molecule has 0 aliphatic carbocycles. The molecule has 158 valence electrons. The molecule has 0 aliphatic rings. The van der Waals surface area contributed by atoms with Crippen molar-refractivity contribution >= 4 is 5.97 Å². The molecule has 0 unspecified atom stereocenters. The second-order valence-electron chi connectivity index (χ2n) is 7.97. The topological polar surface area (TPSA) is 55.1 Å². The maximum atomic E-state index is 11.5. The molecular formula is C28H24N2O2. The fraction of sp³-hybridized carbons (Fsp3) is 0.143. The van der Waals surface area contributed by atoms with Crippen LogP contribution in [0.1, 0.15) is 52.4 Å². The van der Waals surface area contributed by atoms with Crippen LogP contribution < -0.4 is 0 Å². The summed E-state index contributed by atoms with van der Waals surface area (Å²) in [6.07, 6.45) is 5.55. The third-order valence-electron chi connectivity index (χ3n) is 5.55. The fourth-order valence-corrected chi connectivity index (χ4v) is 4.00. The van der Waals surface area contributed by atoms with E-state index in [2.05, 4.69) is 49.7 Å². The molecule has 0 atom stereocenters. The van der Waals surface area contributed by atoms with Crippen LogP contribution in [0.5, 0.6) is 0 Å². The maximum Gasteiger partial charge on any atom is 0.336 e. The Hall–Kier alpha value is -4.10. The minimum atomic E-state index is -0.931. The van der Waals surface area contributed by atoms with Crippen molar-refractivity contribution in [3.8, 4) is 28.7 Å². The van der Waals surface area contributed by atoms with E-state index in [1.165, 1.54) is 11.1 Å². The number of hydrogen-bond acceptors (Lipinski definition) is 2. The lowest BCUT2D eigenvalue weighted by atomic mass is 9.92. The molecule has 0 saturated carbocycles. The molecule has 0 saturated heterocycles. The van der Waals surface area contributed by atoms with Gasteiger partial charge in [0.1, 0.15) is 0 Å². The largest absolute Gasteiger partial charge is 0.478 e. The number of aromatic carboxylic acids is 1. The number of benzene rings is 3. The molecule has 0 spiro atoms. The SMILES string of the molecule is Cc1c(C#Cc2ccc(-c3ccccc3C(=O)O)cc2)ccc(-n2ccnc2)c1C(C)C. The third-order valence-corrected chi connectivity index (χ3v) is 5.55. The van der Waals surface area contributed by atoms with Gasteiger partial charge in [0.25, 0.3) is 0 Å².